The van der Waals surface area contributed by atoms with Crippen molar-refractivity contribution in [2.24, 2.45) is 0 Å². The Bertz CT molecular complexity index is 581. The van der Waals surface area contributed by atoms with Crippen molar-refractivity contribution in [2.75, 3.05) is 6.54 Å². The Morgan fingerprint density at radius 3 is 2.73 bits per heavy atom. The molecule has 1 aromatic carbocycles. The molecule has 118 valence electrons. The number of hydrogen-bond donors (Lipinski definition) is 2. The van der Waals surface area contributed by atoms with Crippen LogP contribution in [0.25, 0.3) is 0 Å². The van der Waals surface area contributed by atoms with Gasteiger partial charge in [0.25, 0.3) is 0 Å². The highest BCUT2D eigenvalue weighted by Gasteiger charge is 2.07. The van der Waals surface area contributed by atoms with Gasteiger partial charge in [-0.2, -0.15) is 0 Å². The first-order valence-electron chi connectivity index (χ1n) is 7.70. The van der Waals surface area contributed by atoms with Crippen LogP contribution in [0.4, 0.5) is 4.79 Å². The van der Waals surface area contributed by atoms with Crippen LogP contribution >= 0.6 is 0 Å². The lowest BCUT2D eigenvalue weighted by molar-refractivity contribution is 0.238. The standard InChI is InChI=1S/C17H23N3O2/c1-3-15-11-16(22-20-15)12-19-17(21)18-10-9-13(2)14-7-5-4-6-8-14/h4-8,11,13H,3,9-10,12H2,1-2H3,(H2,18,19,21). The zero-order chi connectivity index (χ0) is 15.8. The topological polar surface area (TPSA) is 67.2 Å². The van der Waals surface area contributed by atoms with Crippen LogP contribution in [0.15, 0.2) is 40.9 Å². The highest BCUT2D eigenvalue weighted by molar-refractivity contribution is 5.73. The first-order chi connectivity index (χ1) is 10.7. The summed E-state index contributed by atoms with van der Waals surface area (Å²) in [5.41, 5.74) is 2.19. The van der Waals surface area contributed by atoms with Crippen LogP contribution < -0.4 is 10.6 Å². The number of urea groups is 1. The summed E-state index contributed by atoms with van der Waals surface area (Å²) in [6.45, 7) is 5.16. The molecule has 0 aliphatic rings. The predicted molar refractivity (Wildman–Crippen MR) is 85.6 cm³/mol. The second-order valence-corrected chi connectivity index (χ2v) is 5.35. The van der Waals surface area contributed by atoms with Crippen molar-refractivity contribution in [3.8, 4) is 0 Å². The highest BCUT2D eigenvalue weighted by atomic mass is 16.5. The zero-order valence-corrected chi connectivity index (χ0v) is 13.1. The first-order valence-corrected chi connectivity index (χ1v) is 7.70. The third kappa shape index (κ3) is 4.91. The van der Waals surface area contributed by atoms with Crippen molar-refractivity contribution in [3.63, 3.8) is 0 Å². The molecule has 2 rings (SSSR count). The molecule has 0 aliphatic carbocycles. The number of nitrogens with zero attached hydrogens (tertiary/aromatic N) is 1. The number of aryl methyl sites for hydroxylation is 1. The quantitative estimate of drug-likeness (QED) is 0.825. The summed E-state index contributed by atoms with van der Waals surface area (Å²) < 4.78 is 5.11. The van der Waals surface area contributed by atoms with E-state index < -0.39 is 0 Å². The molecular formula is C17H23N3O2. The lowest BCUT2D eigenvalue weighted by atomic mass is 9.98. The zero-order valence-electron chi connectivity index (χ0n) is 13.1. The van der Waals surface area contributed by atoms with Crippen LogP contribution in [0.2, 0.25) is 0 Å². The van der Waals surface area contributed by atoms with Gasteiger partial charge in [-0.25, -0.2) is 4.79 Å². The van der Waals surface area contributed by atoms with Crippen LogP contribution in [0.1, 0.15) is 43.2 Å². The van der Waals surface area contributed by atoms with Crippen molar-refractivity contribution in [1.82, 2.24) is 15.8 Å². The number of carbonyl (C=O) groups is 1. The Morgan fingerprint density at radius 1 is 1.27 bits per heavy atom. The molecule has 2 amide bonds. The van der Waals surface area contributed by atoms with Crippen molar-refractivity contribution in [2.45, 2.75) is 39.2 Å². The SMILES string of the molecule is CCc1cc(CNC(=O)NCCC(C)c2ccccc2)on1. The van der Waals surface area contributed by atoms with E-state index in [4.69, 9.17) is 4.52 Å². The Labute approximate surface area is 131 Å². The minimum Gasteiger partial charge on any atom is -0.359 e. The van der Waals surface area contributed by atoms with Gasteiger partial charge in [0.05, 0.1) is 12.2 Å². The van der Waals surface area contributed by atoms with E-state index in [-0.39, 0.29) is 6.03 Å². The predicted octanol–water partition coefficient (Wildman–Crippen LogP) is 3.23. The van der Waals surface area contributed by atoms with Crippen molar-refractivity contribution in [1.29, 1.82) is 0 Å². The number of benzene rings is 1. The number of hydrogen-bond acceptors (Lipinski definition) is 3. The average Bonchev–Trinajstić information content (AvgIpc) is 3.02. The smallest absolute Gasteiger partial charge is 0.315 e. The Kier molecular flexibility index (Phi) is 6.01. The number of nitrogens with one attached hydrogen (secondary N) is 2. The summed E-state index contributed by atoms with van der Waals surface area (Å²) in [4.78, 5) is 11.7. The number of rotatable bonds is 7. The van der Waals surface area contributed by atoms with E-state index in [9.17, 15) is 4.79 Å². The molecule has 5 nitrogen and oxygen atoms in total. The van der Waals surface area contributed by atoms with Gasteiger partial charge in [0.15, 0.2) is 5.76 Å². The van der Waals surface area contributed by atoms with Crippen LogP contribution in [0, 0.1) is 0 Å². The van der Waals surface area contributed by atoms with Gasteiger partial charge in [0.1, 0.15) is 0 Å². The van der Waals surface area contributed by atoms with Crippen LogP contribution in [0.5, 0.6) is 0 Å². The van der Waals surface area contributed by atoms with Crippen LogP contribution in [-0.2, 0) is 13.0 Å². The molecule has 0 bridgehead atoms. The molecule has 1 atom stereocenters. The van der Waals surface area contributed by atoms with Crippen LogP contribution in [-0.4, -0.2) is 17.7 Å². The number of carbonyl (C=O) groups excluding carboxylic acids is 1. The molecule has 1 heterocycles. The summed E-state index contributed by atoms with van der Waals surface area (Å²) in [6, 6.07) is 12.0. The van der Waals surface area contributed by atoms with Gasteiger partial charge in [-0.05, 0) is 24.3 Å². The first kappa shape index (κ1) is 16.1. The summed E-state index contributed by atoms with van der Waals surface area (Å²) >= 11 is 0. The van der Waals surface area contributed by atoms with Crippen molar-refractivity contribution in [3.05, 3.63) is 53.4 Å². The maximum Gasteiger partial charge on any atom is 0.315 e. The van der Waals surface area contributed by atoms with E-state index >= 15 is 0 Å². The Hall–Kier alpha value is -2.30. The summed E-state index contributed by atoms with van der Waals surface area (Å²) in [5.74, 6) is 1.09. The normalized spacial score (nSPS) is 11.9. The van der Waals surface area contributed by atoms with Gasteiger partial charge in [-0.3, -0.25) is 0 Å². The maximum absolute atomic E-state index is 11.7. The van der Waals surface area contributed by atoms with E-state index in [1.165, 1.54) is 5.56 Å². The molecule has 0 spiro atoms. The molecule has 0 fully saturated rings. The molecule has 2 N–H and O–H groups in total. The molecule has 0 aliphatic heterocycles. The lowest BCUT2D eigenvalue weighted by Crippen LogP contribution is -2.35. The van der Waals surface area contributed by atoms with Gasteiger partial charge in [-0.15, -0.1) is 0 Å². The number of aromatic nitrogens is 1. The molecular weight excluding hydrogens is 278 g/mol. The molecule has 0 radical (unpaired) electrons. The molecule has 1 unspecified atom stereocenters. The average molecular weight is 301 g/mol. The van der Waals surface area contributed by atoms with E-state index in [0.717, 1.165) is 18.5 Å². The Morgan fingerprint density at radius 2 is 2.05 bits per heavy atom. The number of amides is 2. The van der Waals surface area contributed by atoms with Crippen molar-refractivity contribution < 1.29 is 9.32 Å². The van der Waals surface area contributed by atoms with Gasteiger partial charge in [-0.1, -0.05) is 49.3 Å². The molecule has 22 heavy (non-hydrogen) atoms. The van der Waals surface area contributed by atoms with Crippen molar-refractivity contribution >= 4 is 6.03 Å². The fourth-order valence-corrected chi connectivity index (χ4v) is 2.19. The van der Waals surface area contributed by atoms with Gasteiger partial charge in [0.2, 0.25) is 0 Å². The second kappa shape index (κ2) is 8.22. The third-order valence-electron chi connectivity index (χ3n) is 3.62. The highest BCUT2D eigenvalue weighted by Crippen LogP contribution is 2.17. The maximum atomic E-state index is 11.7. The van der Waals surface area contributed by atoms with Gasteiger partial charge >= 0.3 is 6.03 Å². The van der Waals surface area contributed by atoms with E-state index in [1.54, 1.807) is 0 Å². The summed E-state index contributed by atoms with van der Waals surface area (Å²) in [7, 11) is 0. The van der Waals surface area contributed by atoms with E-state index in [2.05, 4.69) is 34.8 Å². The summed E-state index contributed by atoms with van der Waals surface area (Å²) in [5, 5.41) is 9.51. The third-order valence-corrected chi connectivity index (χ3v) is 3.62. The Balaban J connectivity index is 1.65. The lowest BCUT2D eigenvalue weighted by Gasteiger charge is -2.12. The summed E-state index contributed by atoms with van der Waals surface area (Å²) in [6.07, 6.45) is 1.73. The molecule has 1 aromatic heterocycles. The molecule has 5 heteroatoms. The fraction of sp³-hybridized carbons (Fsp3) is 0.412. The van der Waals surface area contributed by atoms with E-state index in [1.807, 2.05) is 31.2 Å². The van der Waals surface area contributed by atoms with E-state index in [0.29, 0.717) is 24.8 Å². The minimum absolute atomic E-state index is 0.185. The minimum atomic E-state index is -0.185. The fourth-order valence-electron chi connectivity index (χ4n) is 2.19. The monoisotopic (exact) mass is 301 g/mol. The molecule has 0 saturated carbocycles. The largest absolute Gasteiger partial charge is 0.359 e. The van der Waals surface area contributed by atoms with Gasteiger partial charge < -0.3 is 15.2 Å². The second-order valence-electron chi connectivity index (χ2n) is 5.35. The molecule has 0 saturated heterocycles. The molecule has 2 aromatic rings. The van der Waals surface area contributed by atoms with Gasteiger partial charge in [0, 0.05) is 12.6 Å². The van der Waals surface area contributed by atoms with Crippen LogP contribution in [0.3, 0.4) is 0 Å².